The van der Waals surface area contributed by atoms with Crippen LogP contribution in [0.1, 0.15) is 23.9 Å². The van der Waals surface area contributed by atoms with Crippen molar-refractivity contribution in [2.75, 3.05) is 6.54 Å². The van der Waals surface area contributed by atoms with Gasteiger partial charge in [0.1, 0.15) is 0 Å². The number of hydrogen-bond acceptors (Lipinski definition) is 4. The normalized spacial score (nSPS) is 12.9. The second kappa shape index (κ2) is 4.13. The zero-order valence-corrected chi connectivity index (χ0v) is 7.07. The maximum absolute atomic E-state index is 9.43. The summed E-state index contributed by atoms with van der Waals surface area (Å²) in [7, 11) is 0. The van der Waals surface area contributed by atoms with Crippen LogP contribution in [-0.4, -0.2) is 21.6 Å². The molecule has 0 fully saturated rings. The largest absolute Gasteiger partial charge is 0.387 e. The Morgan fingerprint density at radius 3 is 2.75 bits per heavy atom. The Morgan fingerprint density at radius 2 is 2.25 bits per heavy atom. The molecule has 1 heterocycles. The average molecular weight is 167 g/mol. The second-order valence-corrected chi connectivity index (χ2v) is 2.68. The zero-order chi connectivity index (χ0) is 8.97. The third-order valence-corrected chi connectivity index (χ3v) is 1.58. The van der Waals surface area contributed by atoms with Gasteiger partial charge in [-0.3, -0.25) is 9.97 Å². The Morgan fingerprint density at radius 1 is 1.50 bits per heavy atom. The smallest absolute Gasteiger partial charge is 0.0987 e. The summed E-state index contributed by atoms with van der Waals surface area (Å²) in [5.74, 6) is 0. The molecule has 0 saturated carbocycles. The molecule has 66 valence electrons. The van der Waals surface area contributed by atoms with Gasteiger partial charge in [-0.15, -0.1) is 0 Å². The van der Waals surface area contributed by atoms with Crippen LogP contribution in [0.15, 0.2) is 12.4 Å². The fourth-order valence-corrected chi connectivity index (χ4v) is 0.880. The molecule has 1 atom stereocenters. The molecule has 0 amide bonds. The fourth-order valence-electron chi connectivity index (χ4n) is 0.880. The van der Waals surface area contributed by atoms with Crippen LogP contribution in [-0.2, 0) is 0 Å². The molecule has 0 radical (unpaired) electrons. The topological polar surface area (TPSA) is 72.0 Å². The third kappa shape index (κ3) is 2.25. The van der Waals surface area contributed by atoms with E-state index in [0.29, 0.717) is 18.7 Å². The van der Waals surface area contributed by atoms with E-state index in [1.54, 1.807) is 12.4 Å². The number of aliphatic hydroxyl groups is 1. The molecule has 4 nitrogen and oxygen atoms in total. The first kappa shape index (κ1) is 9.09. The minimum absolute atomic E-state index is 0.455. The van der Waals surface area contributed by atoms with Crippen molar-refractivity contribution in [1.29, 1.82) is 0 Å². The summed E-state index contributed by atoms with van der Waals surface area (Å²) in [5.41, 5.74) is 6.72. The summed E-state index contributed by atoms with van der Waals surface area (Å²) in [6, 6.07) is 0. The molecule has 0 spiro atoms. The Bertz CT molecular complexity index is 235. The lowest BCUT2D eigenvalue weighted by atomic mass is 10.2. The monoisotopic (exact) mass is 167 g/mol. The van der Waals surface area contributed by atoms with Crippen molar-refractivity contribution in [2.24, 2.45) is 5.73 Å². The Labute approximate surface area is 71.5 Å². The number of aromatic nitrogens is 2. The van der Waals surface area contributed by atoms with Gasteiger partial charge >= 0.3 is 0 Å². The van der Waals surface area contributed by atoms with E-state index in [4.69, 9.17) is 5.73 Å². The number of aryl methyl sites for hydroxylation is 1. The van der Waals surface area contributed by atoms with E-state index < -0.39 is 6.10 Å². The van der Waals surface area contributed by atoms with E-state index in [0.717, 1.165) is 5.69 Å². The highest BCUT2D eigenvalue weighted by molar-refractivity contribution is 5.03. The van der Waals surface area contributed by atoms with Crippen LogP contribution in [0.4, 0.5) is 0 Å². The molecule has 3 N–H and O–H groups in total. The summed E-state index contributed by atoms with van der Waals surface area (Å²) >= 11 is 0. The van der Waals surface area contributed by atoms with Crippen LogP contribution >= 0.6 is 0 Å². The summed E-state index contributed by atoms with van der Waals surface area (Å²) in [6.45, 7) is 2.31. The van der Waals surface area contributed by atoms with Crippen molar-refractivity contribution in [2.45, 2.75) is 19.4 Å². The van der Waals surface area contributed by atoms with Crippen LogP contribution in [0.25, 0.3) is 0 Å². The Hall–Kier alpha value is -1.00. The molecule has 0 bridgehead atoms. The molecule has 4 heteroatoms. The first-order valence-corrected chi connectivity index (χ1v) is 3.90. The first-order valence-electron chi connectivity index (χ1n) is 3.90. The molecule has 0 aliphatic rings. The summed E-state index contributed by atoms with van der Waals surface area (Å²) in [5, 5.41) is 9.43. The molecule has 0 aliphatic heterocycles. The van der Waals surface area contributed by atoms with E-state index in [1.807, 2.05) is 6.92 Å². The predicted molar refractivity (Wildman–Crippen MR) is 45.4 cm³/mol. The van der Waals surface area contributed by atoms with Crippen LogP contribution in [0.3, 0.4) is 0 Å². The van der Waals surface area contributed by atoms with Crippen molar-refractivity contribution in [3.8, 4) is 0 Å². The molecule has 0 unspecified atom stereocenters. The van der Waals surface area contributed by atoms with Gasteiger partial charge in [-0.1, -0.05) is 0 Å². The van der Waals surface area contributed by atoms with Gasteiger partial charge in [0.2, 0.25) is 0 Å². The molecule has 1 aromatic rings. The van der Waals surface area contributed by atoms with Gasteiger partial charge in [0.05, 0.1) is 23.7 Å². The Balaban J connectivity index is 2.68. The average Bonchev–Trinajstić information content (AvgIpc) is 2.06. The van der Waals surface area contributed by atoms with Gasteiger partial charge in [0.15, 0.2) is 0 Å². The predicted octanol–water partition coefficient (Wildman–Crippen LogP) is 0.167. The highest BCUT2D eigenvalue weighted by Crippen LogP contribution is 2.11. The van der Waals surface area contributed by atoms with E-state index in [9.17, 15) is 5.11 Å². The van der Waals surface area contributed by atoms with Crippen molar-refractivity contribution in [3.63, 3.8) is 0 Å². The number of aliphatic hydroxyl groups excluding tert-OH is 1. The van der Waals surface area contributed by atoms with Crippen molar-refractivity contribution in [1.82, 2.24) is 9.97 Å². The number of nitrogens with zero attached hydrogens (tertiary/aromatic N) is 2. The van der Waals surface area contributed by atoms with Gasteiger partial charge in [-0.25, -0.2) is 0 Å². The third-order valence-electron chi connectivity index (χ3n) is 1.58. The minimum atomic E-state index is -0.580. The summed E-state index contributed by atoms with van der Waals surface area (Å²) in [4.78, 5) is 8.05. The maximum atomic E-state index is 9.43. The number of hydrogen-bond donors (Lipinski definition) is 2. The van der Waals surface area contributed by atoms with Crippen LogP contribution in [0, 0.1) is 6.92 Å². The summed E-state index contributed by atoms with van der Waals surface area (Å²) < 4.78 is 0. The maximum Gasteiger partial charge on any atom is 0.0987 e. The number of nitrogens with two attached hydrogens (primary N) is 1. The van der Waals surface area contributed by atoms with Gasteiger partial charge in [-0.2, -0.15) is 0 Å². The van der Waals surface area contributed by atoms with E-state index in [2.05, 4.69) is 9.97 Å². The quantitative estimate of drug-likeness (QED) is 0.673. The number of rotatable bonds is 3. The van der Waals surface area contributed by atoms with Crippen molar-refractivity contribution >= 4 is 0 Å². The van der Waals surface area contributed by atoms with E-state index in [-0.39, 0.29) is 0 Å². The SMILES string of the molecule is Cc1cnc([C@@H](O)CCN)cn1. The lowest BCUT2D eigenvalue weighted by molar-refractivity contribution is 0.165. The molecule has 0 aliphatic carbocycles. The first-order chi connectivity index (χ1) is 5.74. The second-order valence-electron chi connectivity index (χ2n) is 2.68. The Kier molecular flexibility index (Phi) is 3.13. The standard InChI is InChI=1S/C8H13N3O/c1-6-4-11-7(5-10-6)8(12)2-3-9/h4-5,8,12H,2-3,9H2,1H3/t8-/m0/s1. The van der Waals surface area contributed by atoms with Gasteiger partial charge in [0.25, 0.3) is 0 Å². The lowest BCUT2D eigenvalue weighted by Gasteiger charge is -2.07. The summed E-state index contributed by atoms with van der Waals surface area (Å²) in [6.07, 6.45) is 3.16. The molecular weight excluding hydrogens is 154 g/mol. The molecule has 1 aromatic heterocycles. The fraction of sp³-hybridized carbons (Fsp3) is 0.500. The van der Waals surface area contributed by atoms with E-state index >= 15 is 0 Å². The molecular formula is C8H13N3O. The molecule has 12 heavy (non-hydrogen) atoms. The molecule has 0 saturated heterocycles. The zero-order valence-electron chi connectivity index (χ0n) is 7.07. The lowest BCUT2D eigenvalue weighted by Crippen LogP contribution is -2.08. The highest BCUT2D eigenvalue weighted by atomic mass is 16.3. The van der Waals surface area contributed by atoms with Gasteiger partial charge < -0.3 is 10.8 Å². The van der Waals surface area contributed by atoms with Gasteiger partial charge in [-0.05, 0) is 19.9 Å². The van der Waals surface area contributed by atoms with Crippen molar-refractivity contribution in [3.05, 3.63) is 23.8 Å². The van der Waals surface area contributed by atoms with Crippen LogP contribution in [0.2, 0.25) is 0 Å². The highest BCUT2D eigenvalue weighted by Gasteiger charge is 2.06. The van der Waals surface area contributed by atoms with Crippen LogP contribution in [0.5, 0.6) is 0 Å². The van der Waals surface area contributed by atoms with Gasteiger partial charge in [0, 0.05) is 6.20 Å². The molecule has 0 aromatic carbocycles. The van der Waals surface area contributed by atoms with Crippen LogP contribution < -0.4 is 5.73 Å². The van der Waals surface area contributed by atoms with Crippen molar-refractivity contribution < 1.29 is 5.11 Å². The van der Waals surface area contributed by atoms with E-state index in [1.165, 1.54) is 0 Å². The molecule has 1 rings (SSSR count). The minimum Gasteiger partial charge on any atom is -0.387 e.